The second-order valence-corrected chi connectivity index (χ2v) is 5.67. The summed E-state index contributed by atoms with van der Waals surface area (Å²) in [5, 5.41) is 12.1. The number of hydrogen-bond donors (Lipinski definition) is 1. The van der Waals surface area contributed by atoms with Gasteiger partial charge in [0.05, 0.1) is 13.2 Å². The van der Waals surface area contributed by atoms with E-state index in [-0.39, 0.29) is 6.61 Å². The third kappa shape index (κ3) is 2.64. The van der Waals surface area contributed by atoms with E-state index in [4.69, 9.17) is 14.2 Å². The van der Waals surface area contributed by atoms with E-state index >= 15 is 0 Å². The topological polar surface area (TPSA) is 85.4 Å². The highest BCUT2D eigenvalue weighted by Crippen LogP contribution is 2.44. The van der Waals surface area contributed by atoms with Crippen LogP contribution in [0.15, 0.2) is 18.2 Å². The van der Waals surface area contributed by atoms with Crippen molar-refractivity contribution in [3.8, 4) is 11.5 Å². The zero-order chi connectivity index (χ0) is 17.5. The fraction of sp³-hybridized carbons (Fsp3) is 0.500. The molecular weight excluding hydrogens is 343 g/mol. The summed E-state index contributed by atoms with van der Waals surface area (Å²) in [6.45, 7) is 0.524. The van der Waals surface area contributed by atoms with Crippen molar-refractivity contribution in [1.82, 2.24) is 20.6 Å². The third-order valence-electron chi connectivity index (χ3n) is 4.20. The summed E-state index contributed by atoms with van der Waals surface area (Å²) < 4.78 is 57.5. The lowest BCUT2D eigenvalue weighted by atomic mass is 9.99. The van der Waals surface area contributed by atoms with Crippen LogP contribution in [0, 0.1) is 0 Å². The molecule has 1 unspecified atom stereocenters. The molecule has 0 aliphatic carbocycles. The van der Waals surface area contributed by atoms with E-state index in [9.17, 15) is 13.2 Å². The molecule has 0 saturated carbocycles. The lowest BCUT2D eigenvalue weighted by Gasteiger charge is -2.42. The predicted octanol–water partition coefficient (Wildman–Crippen LogP) is 1.27. The van der Waals surface area contributed by atoms with Crippen molar-refractivity contribution in [3.05, 3.63) is 24.0 Å². The maximum Gasteiger partial charge on any atom is 0.426 e. The number of aromatic amines is 1. The van der Waals surface area contributed by atoms with Gasteiger partial charge in [0.15, 0.2) is 17.3 Å². The molecule has 0 radical (unpaired) electrons. The molecule has 25 heavy (non-hydrogen) atoms. The van der Waals surface area contributed by atoms with Crippen LogP contribution in [0.25, 0.3) is 0 Å². The number of fused-ring (bicyclic) bond motifs is 1. The van der Waals surface area contributed by atoms with Crippen molar-refractivity contribution in [2.75, 3.05) is 37.8 Å². The first-order chi connectivity index (χ1) is 12.0. The van der Waals surface area contributed by atoms with Crippen molar-refractivity contribution in [2.45, 2.75) is 11.8 Å². The van der Waals surface area contributed by atoms with Gasteiger partial charge >= 0.3 is 6.18 Å². The molecule has 2 aliphatic heterocycles. The lowest BCUT2D eigenvalue weighted by molar-refractivity contribution is -0.289. The summed E-state index contributed by atoms with van der Waals surface area (Å²) in [7, 11) is 0. The van der Waals surface area contributed by atoms with Crippen molar-refractivity contribution in [1.29, 1.82) is 0 Å². The molecule has 3 heterocycles. The van der Waals surface area contributed by atoms with Crippen molar-refractivity contribution in [3.63, 3.8) is 0 Å². The molecule has 1 fully saturated rings. The molecule has 0 spiro atoms. The van der Waals surface area contributed by atoms with Crippen LogP contribution in [0.2, 0.25) is 0 Å². The molecule has 134 valence electrons. The van der Waals surface area contributed by atoms with Gasteiger partial charge < -0.3 is 19.1 Å². The Hall–Kier alpha value is -2.56. The molecule has 1 aromatic heterocycles. The fourth-order valence-corrected chi connectivity index (χ4v) is 2.95. The van der Waals surface area contributed by atoms with E-state index < -0.39 is 24.1 Å². The highest BCUT2D eigenvalue weighted by Gasteiger charge is 2.62. The van der Waals surface area contributed by atoms with Gasteiger partial charge in [0, 0.05) is 18.3 Å². The Morgan fingerprint density at radius 2 is 1.92 bits per heavy atom. The normalized spacial score (nSPS) is 23.6. The second-order valence-electron chi connectivity index (χ2n) is 5.67. The molecule has 2 aromatic rings. The number of alkyl halides is 3. The van der Waals surface area contributed by atoms with E-state index in [1.54, 1.807) is 23.1 Å². The number of morpholine rings is 1. The zero-order valence-corrected chi connectivity index (χ0v) is 12.9. The van der Waals surface area contributed by atoms with Gasteiger partial charge in [0.25, 0.3) is 0 Å². The quantitative estimate of drug-likeness (QED) is 0.866. The summed E-state index contributed by atoms with van der Waals surface area (Å²) in [5.74, 6) is 0.612. The molecule has 11 heteroatoms. The highest BCUT2D eigenvalue weighted by molar-refractivity contribution is 5.57. The van der Waals surface area contributed by atoms with Crippen LogP contribution in [0.1, 0.15) is 5.82 Å². The van der Waals surface area contributed by atoms with Gasteiger partial charge in [-0.25, -0.2) is 5.10 Å². The van der Waals surface area contributed by atoms with Crippen LogP contribution in [0.3, 0.4) is 0 Å². The molecule has 0 amide bonds. The summed E-state index contributed by atoms with van der Waals surface area (Å²) >= 11 is 0. The molecule has 4 rings (SSSR count). The Balaban J connectivity index is 1.68. The molecule has 1 N–H and O–H groups in total. The minimum atomic E-state index is -4.69. The van der Waals surface area contributed by atoms with Crippen LogP contribution in [-0.4, -0.2) is 59.7 Å². The Kier molecular flexibility index (Phi) is 3.67. The first-order valence-electron chi connectivity index (χ1n) is 7.59. The van der Waals surface area contributed by atoms with Gasteiger partial charge in [-0.2, -0.15) is 13.2 Å². The minimum Gasteiger partial charge on any atom is -0.486 e. The molecule has 0 bridgehead atoms. The average Bonchev–Trinajstić information content (AvgIpc) is 3.15. The summed E-state index contributed by atoms with van der Waals surface area (Å²) in [6.07, 6.45) is -4.69. The standard InChI is InChI=1S/C14H14F3N5O3/c15-14(16,17)13(12-18-20-21-19-12)8-22(3-4-25-13)9-1-2-10-11(7-9)24-6-5-23-10/h1-2,7H,3-6,8H2,(H,18,19,20,21). The molecule has 1 atom stereocenters. The number of H-pyrrole nitrogens is 1. The van der Waals surface area contributed by atoms with Crippen LogP contribution in [0.4, 0.5) is 18.9 Å². The average molecular weight is 357 g/mol. The summed E-state index contributed by atoms with van der Waals surface area (Å²) in [4.78, 5) is 1.57. The maximum atomic E-state index is 13.8. The number of halogens is 3. The number of ether oxygens (including phenoxy) is 3. The van der Waals surface area contributed by atoms with Gasteiger partial charge in [0.1, 0.15) is 13.2 Å². The number of nitrogens with zero attached hydrogens (tertiary/aromatic N) is 4. The van der Waals surface area contributed by atoms with E-state index in [0.717, 1.165) is 0 Å². The van der Waals surface area contributed by atoms with E-state index in [0.29, 0.717) is 36.9 Å². The van der Waals surface area contributed by atoms with E-state index in [1.165, 1.54) is 0 Å². The maximum absolute atomic E-state index is 13.8. The second kappa shape index (κ2) is 5.76. The van der Waals surface area contributed by atoms with Crippen LogP contribution >= 0.6 is 0 Å². The van der Waals surface area contributed by atoms with E-state index in [2.05, 4.69) is 20.6 Å². The highest BCUT2D eigenvalue weighted by atomic mass is 19.4. The third-order valence-corrected chi connectivity index (χ3v) is 4.20. The molecular formula is C14H14F3N5O3. The number of nitrogens with one attached hydrogen (secondary N) is 1. The number of benzene rings is 1. The van der Waals surface area contributed by atoms with Crippen LogP contribution in [-0.2, 0) is 10.3 Å². The number of hydrogen-bond acceptors (Lipinski definition) is 7. The minimum absolute atomic E-state index is 0.130. The Morgan fingerprint density at radius 3 is 2.64 bits per heavy atom. The largest absolute Gasteiger partial charge is 0.486 e. The summed E-state index contributed by atoms with van der Waals surface area (Å²) in [5.41, 5.74) is -2.05. The predicted molar refractivity (Wildman–Crippen MR) is 77.5 cm³/mol. The number of aromatic nitrogens is 4. The van der Waals surface area contributed by atoms with Gasteiger partial charge in [0.2, 0.25) is 5.60 Å². The van der Waals surface area contributed by atoms with Crippen molar-refractivity contribution >= 4 is 5.69 Å². The zero-order valence-electron chi connectivity index (χ0n) is 12.9. The fourth-order valence-electron chi connectivity index (χ4n) is 2.95. The molecule has 1 saturated heterocycles. The van der Waals surface area contributed by atoms with Gasteiger partial charge in [-0.15, -0.1) is 5.10 Å². The number of tetrazole rings is 1. The smallest absolute Gasteiger partial charge is 0.426 e. The Labute approximate surface area is 139 Å². The summed E-state index contributed by atoms with van der Waals surface area (Å²) in [6, 6.07) is 5.04. The van der Waals surface area contributed by atoms with Crippen LogP contribution in [0.5, 0.6) is 11.5 Å². The lowest BCUT2D eigenvalue weighted by Crippen LogP contribution is -2.58. The van der Waals surface area contributed by atoms with Crippen molar-refractivity contribution in [2.24, 2.45) is 0 Å². The van der Waals surface area contributed by atoms with Gasteiger partial charge in [-0.3, -0.25) is 0 Å². The first-order valence-corrected chi connectivity index (χ1v) is 7.59. The number of anilines is 1. The van der Waals surface area contributed by atoms with Crippen molar-refractivity contribution < 1.29 is 27.4 Å². The monoisotopic (exact) mass is 357 g/mol. The van der Waals surface area contributed by atoms with E-state index in [1.807, 2.05) is 0 Å². The number of rotatable bonds is 2. The Bertz CT molecular complexity index is 755. The first kappa shape index (κ1) is 15.9. The molecule has 8 nitrogen and oxygen atoms in total. The van der Waals surface area contributed by atoms with Gasteiger partial charge in [-0.1, -0.05) is 0 Å². The van der Waals surface area contributed by atoms with Crippen LogP contribution < -0.4 is 14.4 Å². The Morgan fingerprint density at radius 1 is 1.12 bits per heavy atom. The SMILES string of the molecule is FC(F)(F)C1(c2nnn[nH]2)CN(c2ccc3c(c2)OCCO3)CCO1. The van der Waals surface area contributed by atoms with Gasteiger partial charge in [-0.05, 0) is 22.6 Å². The molecule has 2 aliphatic rings. The molecule has 1 aromatic carbocycles.